The van der Waals surface area contributed by atoms with E-state index in [4.69, 9.17) is 9.97 Å². The van der Waals surface area contributed by atoms with E-state index >= 15 is 0 Å². The molecular formula is C56H37N3. The molecule has 0 amide bonds. The second-order valence-corrected chi connectivity index (χ2v) is 15.7. The second kappa shape index (κ2) is 13.5. The van der Waals surface area contributed by atoms with Crippen LogP contribution in [0.1, 0.15) is 23.2 Å². The lowest BCUT2D eigenvalue weighted by atomic mass is 9.90. The smallest absolute Gasteiger partial charge is 0.0979 e. The molecule has 0 N–H and O–H groups in total. The number of fused-ring (bicyclic) bond motifs is 10. The molecule has 0 saturated heterocycles. The SMILES string of the molecule is C1=C(c2ccc3ccccc3c2)CCc2c1c1ccccc1n2-c1ccc(-c2cccc(-c3cccc(-c4cnc5c6ccccc6c6ccccc6c5n4)c3)c2)cc1. The van der Waals surface area contributed by atoms with Crippen LogP contribution in [0.25, 0.3) is 105 Å². The van der Waals surface area contributed by atoms with Gasteiger partial charge in [0.2, 0.25) is 0 Å². The first-order valence-electron chi connectivity index (χ1n) is 20.4. The summed E-state index contributed by atoms with van der Waals surface area (Å²) in [6.07, 6.45) is 6.36. The third-order valence-corrected chi connectivity index (χ3v) is 12.3. The van der Waals surface area contributed by atoms with Crippen LogP contribution in [0.15, 0.2) is 194 Å². The molecule has 9 aromatic carbocycles. The van der Waals surface area contributed by atoms with Gasteiger partial charge < -0.3 is 4.57 Å². The number of nitrogens with zero attached hydrogens (tertiary/aromatic N) is 3. The molecule has 0 radical (unpaired) electrons. The van der Waals surface area contributed by atoms with Gasteiger partial charge >= 0.3 is 0 Å². The van der Waals surface area contributed by atoms with Gasteiger partial charge in [-0.15, -0.1) is 0 Å². The van der Waals surface area contributed by atoms with Crippen LogP contribution in [-0.4, -0.2) is 14.5 Å². The highest BCUT2D eigenvalue weighted by Crippen LogP contribution is 2.40. The van der Waals surface area contributed by atoms with Crippen molar-refractivity contribution in [3.63, 3.8) is 0 Å². The molecule has 0 bridgehead atoms. The Hall–Kier alpha value is -7.62. The normalized spacial score (nSPS) is 12.7. The van der Waals surface area contributed by atoms with Crippen molar-refractivity contribution >= 4 is 65.9 Å². The summed E-state index contributed by atoms with van der Waals surface area (Å²) in [6.45, 7) is 0. The summed E-state index contributed by atoms with van der Waals surface area (Å²) < 4.78 is 2.48. The van der Waals surface area contributed by atoms with Gasteiger partial charge in [-0.05, 0) is 110 Å². The van der Waals surface area contributed by atoms with Crippen LogP contribution in [0.3, 0.4) is 0 Å². The molecule has 0 saturated carbocycles. The molecule has 3 heteroatoms. The maximum absolute atomic E-state index is 5.26. The van der Waals surface area contributed by atoms with E-state index < -0.39 is 0 Å². The molecule has 3 nitrogen and oxygen atoms in total. The first-order valence-corrected chi connectivity index (χ1v) is 20.4. The fourth-order valence-corrected chi connectivity index (χ4v) is 9.44. The lowest BCUT2D eigenvalue weighted by molar-refractivity contribution is 0.898. The van der Waals surface area contributed by atoms with E-state index in [-0.39, 0.29) is 0 Å². The molecule has 276 valence electrons. The van der Waals surface area contributed by atoms with Crippen LogP contribution in [0.4, 0.5) is 0 Å². The number of aromatic nitrogens is 3. The Morgan fingerprint density at radius 2 is 1.00 bits per heavy atom. The fourth-order valence-electron chi connectivity index (χ4n) is 9.44. The maximum Gasteiger partial charge on any atom is 0.0979 e. The van der Waals surface area contributed by atoms with E-state index in [1.807, 2.05) is 6.20 Å². The van der Waals surface area contributed by atoms with Crippen molar-refractivity contribution in [1.29, 1.82) is 0 Å². The number of para-hydroxylation sites is 1. The zero-order chi connectivity index (χ0) is 38.9. The molecule has 59 heavy (non-hydrogen) atoms. The average molecular weight is 752 g/mol. The molecule has 12 rings (SSSR count). The first kappa shape index (κ1) is 33.5. The molecule has 0 unspecified atom stereocenters. The van der Waals surface area contributed by atoms with Crippen LogP contribution < -0.4 is 0 Å². The minimum Gasteiger partial charge on any atom is -0.313 e. The summed E-state index contributed by atoms with van der Waals surface area (Å²) in [4.78, 5) is 10.3. The Labute approximate surface area is 342 Å². The lowest BCUT2D eigenvalue weighted by Gasteiger charge is -2.18. The Morgan fingerprint density at radius 1 is 0.407 bits per heavy atom. The Morgan fingerprint density at radius 3 is 1.76 bits per heavy atom. The molecule has 1 aliphatic carbocycles. The fraction of sp³-hybridized carbons (Fsp3) is 0.0357. The molecule has 11 aromatic rings. The van der Waals surface area contributed by atoms with Crippen molar-refractivity contribution in [2.75, 3.05) is 0 Å². The van der Waals surface area contributed by atoms with Gasteiger partial charge in [-0.1, -0.05) is 152 Å². The Balaban J connectivity index is 0.872. The predicted octanol–water partition coefficient (Wildman–Crippen LogP) is 14.5. The number of rotatable bonds is 5. The van der Waals surface area contributed by atoms with Crippen molar-refractivity contribution in [2.45, 2.75) is 12.8 Å². The largest absolute Gasteiger partial charge is 0.313 e. The van der Waals surface area contributed by atoms with E-state index in [0.29, 0.717) is 0 Å². The van der Waals surface area contributed by atoms with Gasteiger partial charge in [-0.3, -0.25) is 4.98 Å². The summed E-state index contributed by atoms with van der Waals surface area (Å²) >= 11 is 0. The topological polar surface area (TPSA) is 30.7 Å². The molecule has 2 heterocycles. The zero-order valence-electron chi connectivity index (χ0n) is 32.3. The lowest BCUT2D eigenvalue weighted by Crippen LogP contribution is -2.05. The molecule has 0 spiro atoms. The van der Waals surface area contributed by atoms with Gasteiger partial charge in [-0.2, -0.15) is 0 Å². The number of allylic oxidation sites excluding steroid dienone is 1. The van der Waals surface area contributed by atoms with Gasteiger partial charge in [0.15, 0.2) is 0 Å². The first-order chi connectivity index (χ1) is 29.2. The number of hydrogen-bond donors (Lipinski definition) is 0. The highest BCUT2D eigenvalue weighted by Gasteiger charge is 2.22. The van der Waals surface area contributed by atoms with Gasteiger partial charge in [-0.25, -0.2) is 4.98 Å². The molecule has 0 fully saturated rings. The van der Waals surface area contributed by atoms with Crippen molar-refractivity contribution in [1.82, 2.24) is 14.5 Å². The zero-order valence-corrected chi connectivity index (χ0v) is 32.3. The van der Waals surface area contributed by atoms with Crippen LogP contribution >= 0.6 is 0 Å². The maximum atomic E-state index is 5.26. The van der Waals surface area contributed by atoms with Gasteiger partial charge in [0.05, 0.1) is 28.4 Å². The second-order valence-electron chi connectivity index (χ2n) is 15.7. The summed E-state index contributed by atoms with van der Waals surface area (Å²) in [5.41, 5.74) is 16.3. The summed E-state index contributed by atoms with van der Waals surface area (Å²) in [6, 6.07) is 68.0. The van der Waals surface area contributed by atoms with Crippen molar-refractivity contribution in [3.8, 4) is 39.2 Å². The Bertz CT molecular complexity index is 3460. The highest BCUT2D eigenvalue weighted by atomic mass is 15.0. The van der Waals surface area contributed by atoms with Crippen LogP contribution in [0.5, 0.6) is 0 Å². The molecule has 0 aliphatic heterocycles. The van der Waals surface area contributed by atoms with Crippen molar-refractivity contribution in [2.24, 2.45) is 0 Å². The monoisotopic (exact) mass is 751 g/mol. The molecule has 1 aliphatic rings. The van der Waals surface area contributed by atoms with E-state index in [1.165, 1.54) is 71.7 Å². The molecule has 2 aromatic heterocycles. The van der Waals surface area contributed by atoms with E-state index in [1.54, 1.807) is 0 Å². The van der Waals surface area contributed by atoms with Gasteiger partial charge in [0, 0.05) is 38.7 Å². The molecule has 0 atom stereocenters. The minimum absolute atomic E-state index is 0.867. The minimum atomic E-state index is 0.867. The van der Waals surface area contributed by atoms with E-state index in [2.05, 4.69) is 199 Å². The number of benzene rings is 9. The molecular weight excluding hydrogens is 715 g/mol. The van der Waals surface area contributed by atoms with E-state index in [0.717, 1.165) is 57.0 Å². The summed E-state index contributed by atoms with van der Waals surface area (Å²) in [5, 5.41) is 8.53. The highest BCUT2D eigenvalue weighted by molar-refractivity contribution is 6.23. The van der Waals surface area contributed by atoms with Crippen molar-refractivity contribution in [3.05, 3.63) is 211 Å². The third-order valence-electron chi connectivity index (χ3n) is 12.3. The predicted molar refractivity (Wildman–Crippen MR) is 248 cm³/mol. The van der Waals surface area contributed by atoms with Crippen molar-refractivity contribution < 1.29 is 0 Å². The van der Waals surface area contributed by atoms with Gasteiger partial charge in [0.25, 0.3) is 0 Å². The number of hydrogen-bond acceptors (Lipinski definition) is 2. The standard InChI is InChI=1S/C56H37N3/c1-2-12-38-32-42(24-23-36(38)11-1)43-27-30-54-51(34-43)48-19-7-8-22-53(48)59(54)45-28-25-37(26-29-45)39-13-9-14-40(31-39)41-15-10-16-44(33-41)52-35-57-55-49-20-5-3-17-46(49)47-18-4-6-21-50(47)56(55)58-52/h1-26,28-29,31-35H,27,30H2. The Kier molecular flexibility index (Phi) is 7.67. The summed E-state index contributed by atoms with van der Waals surface area (Å²) in [5.74, 6) is 0. The quantitative estimate of drug-likeness (QED) is 0.164. The average Bonchev–Trinajstić information content (AvgIpc) is 3.65. The van der Waals surface area contributed by atoms with Crippen LogP contribution in [0.2, 0.25) is 0 Å². The van der Waals surface area contributed by atoms with Crippen LogP contribution in [-0.2, 0) is 6.42 Å². The summed E-state index contributed by atoms with van der Waals surface area (Å²) in [7, 11) is 0. The van der Waals surface area contributed by atoms with Gasteiger partial charge in [0.1, 0.15) is 0 Å². The third kappa shape index (κ3) is 5.58. The van der Waals surface area contributed by atoms with Crippen LogP contribution in [0, 0.1) is 0 Å². The van der Waals surface area contributed by atoms with E-state index in [9.17, 15) is 0 Å².